The number of nitrogen functional groups attached to an aromatic ring is 1. The zero-order chi connectivity index (χ0) is 19.9. The average molecular weight is 401 g/mol. The Morgan fingerprint density at radius 2 is 2.11 bits per heavy atom. The van der Waals surface area contributed by atoms with Gasteiger partial charge in [0.2, 0.25) is 10.0 Å². The Morgan fingerprint density at radius 1 is 1.32 bits per heavy atom. The van der Waals surface area contributed by atoms with E-state index < -0.39 is 10.0 Å². The number of aromatic nitrogens is 3. The number of aliphatic hydroxyl groups excluding tert-OH is 1. The van der Waals surface area contributed by atoms with Gasteiger partial charge in [-0.3, -0.25) is 0 Å². The van der Waals surface area contributed by atoms with Crippen LogP contribution < -0.4 is 10.5 Å². The lowest BCUT2D eigenvalue weighted by Crippen LogP contribution is -2.28. The largest absolute Gasteiger partial charge is 0.396 e. The molecule has 1 saturated carbocycles. The fourth-order valence-electron chi connectivity index (χ4n) is 3.75. The second kappa shape index (κ2) is 7.16. The Hall–Kier alpha value is -2.49. The highest BCUT2D eigenvalue weighted by Gasteiger charge is 2.32. The van der Waals surface area contributed by atoms with Crippen LogP contribution in [0.1, 0.15) is 24.4 Å². The van der Waals surface area contributed by atoms with Gasteiger partial charge >= 0.3 is 0 Å². The summed E-state index contributed by atoms with van der Waals surface area (Å²) in [5.41, 5.74) is 9.66. The van der Waals surface area contributed by atoms with E-state index in [1.54, 1.807) is 0 Å². The number of nitrogens with two attached hydrogens (primary N) is 1. The first-order valence-electron chi connectivity index (χ1n) is 9.11. The van der Waals surface area contributed by atoms with Gasteiger partial charge in [-0.15, -0.1) is 0 Å². The minimum atomic E-state index is -3.27. The van der Waals surface area contributed by atoms with Crippen LogP contribution in [-0.4, -0.2) is 40.9 Å². The first-order chi connectivity index (χ1) is 13.4. The van der Waals surface area contributed by atoms with Crippen molar-refractivity contribution < 1.29 is 13.5 Å². The molecule has 1 aromatic carbocycles. The predicted octanol–water partition coefficient (Wildman–Crippen LogP) is 1.67. The molecule has 0 radical (unpaired) electrons. The maximum absolute atomic E-state index is 11.4. The van der Waals surface area contributed by atoms with Crippen LogP contribution in [0.2, 0.25) is 0 Å². The number of aliphatic hydroxyl groups is 1. The molecule has 2 heterocycles. The van der Waals surface area contributed by atoms with Crippen molar-refractivity contribution in [2.24, 2.45) is 5.92 Å². The summed E-state index contributed by atoms with van der Waals surface area (Å²) in [6.07, 6.45) is 6.45. The number of hydrogen-bond donors (Lipinski definition) is 3. The molecule has 0 spiro atoms. The molecule has 0 bridgehead atoms. The maximum atomic E-state index is 11.4. The van der Waals surface area contributed by atoms with Crippen molar-refractivity contribution in [2.45, 2.75) is 25.4 Å². The van der Waals surface area contributed by atoms with Gasteiger partial charge in [0, 0.05) is 31.0 Å². The van der Waals surface area contributed by atoms with E-state index in [2.05, 4.69) is 19.3 Å². The first-order valence-corrected chi connectivity index (χ1v) is 11.0. The molecular weight excluding hydrogens is 378 g/mol. The van der Waals surface area contributed by atoms with E-state index in [-0.39, 0.29) is 19.2 Å². The van der Waals surface area contributed by atoms with E-state index >= 15 is 0 Å². The van der Waals surface area contributed by atoms with Crippen molar-refractivity contribution in [3.63, 3.8) is 0 Å². The molecule has 3 aromatic rings. The van der Waals surface area contributed by atoms with Crippen molar-refractivity contribution in [3.8, 4) is 11.1 Å². The Kier molecular flexibility index (Phi) is 4.82. The molecule has 148 valence electrons. The number of benzene rings is 1. The van der Waals surface area contributed by atoms with Crippen molar-refractivity contribution >= 4 is 26.9 Å². The van der Waals surface area contributed by atoms with Crippen molar-refractivity contribution in [1.29, 1.82) is 0 Å². The number of rotatable bonds is 6. The number of nitrogens with one attached hydrogen (secondary N) is 1. The summed E-state index contributed by atoms with van der Waals surface area (Å²) in [6, 6.07) is 7.95. The number of fused-ring (bicyclic) bond motifs is 1. The summed E-state index contributed by atoms with van der Waals surface area (Å²) in [4.78, 5) is 8.60. The third-order valence-corrected chi connectivity index (χ3v) is 5.95. The SMILES string of the molecule is CS(=O)(=O)NCc1cccc(-c2cn([C@H]3C[C@@H](CO)C3)c3ncnc(N)c23)c1. The molecule has 4 rings (SSSR count). The summed E-state index contributed by atoms with van der Waals surface area (Å²) >= 11 is 0. The number of hydrogen-bond acceptors (Lipinski definition) is 6. The van der Waals surface area contributed by atoms with Gasteiger partial charge in [-0.2, -0.15) is 0 Å². The van der Waals surface area contributed by atoms with Gasteiger partial charge in [-0.25, -0.2) is 23.1 Å². The van der Waals surface area contributed by atoms with Gasteiger partial charge in [0.1, 0.15) is 17.8 Å². The van der Waals surface area contributed by atoms with Gasteiger partial charge in [-0.05, 0) is 36.0 Å². The minimum Gasteiger partial charge on any atom is -0.396 e. The van der Waals surface area contributed by atoms with E-state index in [4.69, 9.17) is 5.73 Å². The van der Waals surface area contributed by atoms with E-state index in [1.807, 2.05) is 30.5 Å². The summed E-state index contributed by atoms with van der Waals surface area (Å²) in [7, 11) is -3.27. The first kappa shape index (κ1) is 18.9. The second-order valence-electron chi connectivity index (χ2n) is 7.38. The third kappa shape index (κ3) is 3.60. The molecule has 1 fully saturated rings. The number of nitrogens with zero attached hydrogens (tertiary/aromatic N) is 3. The molecule has 0 aliphatic heterocycles. The van der Waals surface area contributed by atoms with Crippen LogP contribution in [0.15, 0.2) is 36.8 Å². The second-order valence-corrected chi connectivity index (χ2v) is 9.21. The average Bonchev–Trinajstić information content (AvgIpc) is 3.00. The molecule has 1 aliphatic rings. The highest BCUT2D eigenvalue weighted by atomic mass is 32.2. The molecule has 9 heteroatoms. The van der Waals surface area contributed by atoms with Crippen LogP contribution in [0, 0.1) is 5.92 Å². The van der Waals surface area contributed by atoms with Gasteiger partial charge in [0.25, 0.3) is 0 Å². The number of sulfonamides is 1. The van der Waals surface area contributed by atoms with Crippen LogP contribution in [0.3, 0.4) is 0 Å². The summed E-state index contributed by atoms with van der Waals surface area (Å²) in [5, 5.41) is 10.1. The Balaban J connectivity index is 1.75. The smallest absolute Gasteiger partial charge is 0.209 e. The van der Waals surface area contributed by atoms with Crippen molar-refractivity contribution in [2.75, 3.05) is 18.6 Å². The minimum absolute atomic E-state index is 0.203. The van der Waals surface area contributed by atoms with E-state index in [9.17, 15) is 13.5 Å². The van der Waals surface area contributed by atoms with Gasteiger partial charge in [0.05, 0.1) is 11.6 Å². The molecular formula is C19H23N5O3S. The molecule has 0 saturated heterocycles. The Morgan fingerprint density at radius 3 is 2.82 bits per heavy atom. The zero-order valence-electron chi connectivity index (χ0n) is 15.5. The quantitative estimate of drug-likeness (QED) is 0.577. The molecule has 8 nitrogen and oxygen atoms in total. The lowest BCUT2D eigenvalue weighted by molar-refractivity contribution is 0.114. The van der Waals surface area contributed by atoms with Crippen LogP contribution in [0.4, 0.5) is 5.82 Å². The van der Waals surface area contributed by atoms with Gasteiger partial charge < -0.3 is 15.4 Å². The fraction of sp³-hybridized carbons (Fsp3) is 0.368. The third-order valence-electron chi connectivity index (χ3n) is 5.28. The molecule has 0 unspecified atom stereocenters. The van der Waals surface area contributed by atoms with E-state index in [0.717, 1.165) is 46.8 Å². The van der Waals surface area contributed by atoms with Crippen molar-refractivity contribution in [3.05, 3.63) is 42.4 Å². The van der Waals surface area contributed by atoms with Crippen LogP contribution in [0.25, 0.3) is 22.2 Å². The highest BCUT2D eigenvalue weighted by molar-refractivity contribution is 7.88. The molecule has 2 aromatic heterocycles. The molecule has 0 atom stereocenters. The fourth-order valence-corrected chi connectivity index (χ4v) is 4.17. The standard InChI is InChI=1S/C19H23N5O3S/c1-28(26,27)23-8-12-3-2-4-14(5-12)16-9-24(15-6-13(7-15)10-25)19-17(16)18(20)21-11-22-19/h2-5,9,11,13,15,23,25H,6-8,10H2,1H3,(H2,20,21,22)/t13-,15+. The molecule has 0 amide bonds. The van der Waals surface area contributed by atoms with Gasteiger partial charge in [0.15, 0.2) is 0 Å². The van der Waals surface area contributed by atoms with E-state index in [0.29, 0.717) is 11.7 Å². The summed E-state index contributed by atoms with van der Waals surface area (Å²) in [6.45, 7) is 0.424. The monoisotopic (exact) mass is 401 g/mol. The maximum Gasteiger partial charge on any atom is 0.209 e. The summed E-state index contributed by atoms with van der Waals surface area (Å²) in [5.74, 6) is 0.743. The van der Waals surface area contributed by atoms with E-state index in [1.165, 1.54) is 6.33 Å². The molecule has 4 N–H and O–H groups in total. The van der Waals surface area contributed by atoms with Crippen molar-refractivity contribution in [1.82, 2.24) is 19.3 Å². The van der Waals surface area contributed by atoms with Crippen LogP contribution in [-0.2, 0) is 16.6 Å². The van der Waals surface area contributed by atoms with Crippen LogP contribution in [0.5, 0.6) is 0 Å². The Labute approximate surface area is 163 Å². The zero-order valence-corrected chi connectivity index (χ0v) is 16.4. The normalized spacial score (nSPS) is 19.6. The number of anilines is 1. The highest BCUT2D eigenvalue weighted by Crippen LogP contribution is 2.42. The van der Waals surface area contributed by atoms with Crippen LogP contribution >= 0.6 is 0 Å². The topological polar surface area (TPSA) is 123 Å². The summed E-state index contributed by atoms with van der Waals surface area (Å²) < 4.78 is 27.4. The molecule has 28 heavy (non-hydrogen) atoms. The predicted molar refractivity (Wildman–Crippen MR) is 108 cm³/mol. The molecule has 1 aliphatic carbocycles. The lowest BCUT2D eigenvalue weighted by atomic mass is 9.81. The lowest BCUT2D eigenvalue weighted by Gasteiger charge is -2.35. The Bertz CT molecular complexity index is 1120. The van der Waals surface area contributed by atoms with Gasteiger partial charge in [-0.1, -0.05) is 18.2 Å².